The molecule has 2 aromatic rings. The van der Waals surface area contributed by atoms with Crippen LogP contribution < -0.4 is 0 Å². The fourth-order valence-corrected chi connectivity index (χ4v) is 6.16. The lowest BCUT2D eigenvalue weighted by Crippen LogP contribution is -2.73. The highest BCUT2D eigenvalue weighted by Gasteiger charge is 2.81. The number of nitriles is 1. The molecule has 0 radical (unpaired) electrons. The maximum Gasteiger partial charge on any atom is 0.261 e. The second-order valence-electron chi connectivity index (χ2n) is 11.5. The molecule has 0 spiro atoms. The molecule has 0 aliphatic carbocycles. The van der Waals surface area contributed by atoms with Gasteiger partial charge in [-0.1, -0.05) is 54.5 Å². The minimum absolute atomic E-state index is 0.105. The molecule has 2 atom stereocenters. The van der Waals surface area contributed by atoms with E-state index in [1.54, 1.807) is 12.1 Å². The summed E-state index contributed by atoms with van der Waals surface area (Å²) in [5.41, 5.74) is 2.76. The SMILES string of the molecule is CC1(C)C(c2ccc(C34OCC(C)(C)C3(C(C)(C)C)OO4)cc2O)=Nc2ccc(C#N)cc21. The van der Waals surface area contributed by atoms with Crippen LogP contribution in [0.15, 0.2) is 41.4 Å². The van der Waals surface area contributed by atoms with Crippen LogP contribution in [-0.4, -0.2) is 23.0 Å². The number of benzene rings is 2. The summed E-state index contributed by atoms with van der Waals surface area (Å²) in [6, 6.07) is 13.2. The molecule has 1 N–H and O–H groups in total. The number of fused-ring (bicyclic) bond motifs is 2. The Kier molecular flexibility index (Phi) is 4.31. The minimum Gasteiger partial charge on any atom is -0.507 e. The summed E-state index contributed by atoms with van der Waals surface area (Å²) < 4.78 is 6.29. The Morgan fingerprint density at radius 2 is 1.76 bits per heavy atom. The molecule has 172 valence electrons. The number of hydrogen-bond donors (Lipinski definition) is 1. The minimum atomic E-state index is -1.09. The molecule has 6 nitrogen and oxygen atoms in total. The lowest BCUT2D eigenvalue weighted by molar-refractivity contribution is -0.626. The highest BCUT2D eigenvalue weighted by molar-refractivity contribution is 6.13. The van der Waals surface area contributed by atoms with Crippen molar-refractivity contribution >= 4 is 11.4 Å². The Balaban J connectivity index is 1.58. The zero-order valence-corrected chi connectivity index (χ0v) is 20.2. The van der Waals surface area contributed by atoms with Gasteiger partial charge in [0.25, 0.3) is 5.79 Å². The molecule has 2 fully saturated rings. The first kappa shape index (κ1) is 22.1. The van der Waals surface area contributed by atoms with Gasteiger partial charge in [0.05, 0.1) is 29.6 Å². The van der Waals surface area contributed by atoms with Gasteiger partial charge in [0.2, 0.25) is 0 Å². The molecule has 33 heavy (non-hydrogen) atoms. The maximum atomic E-state index is 11.2. The van der Waals surface area contributed by atoms with E-state index in [9.17, 15) is 10.4 Å². The Labute approximate surface area is 194 Å². The van der Waals surface area contributed by atoms with Gasteiger partial charge >= 0.3 is 0 Å². The largest absolute Gasteiger partial charge is 0.507 e. The summed E-state index contributed by atoms with van der Waals surface area (Å²) in [6.45, 7) is 15.2. The van der Waals surface area contributed by atoms with Crippen LogP contribution in [-0.2, 0) is 25.7 Å². The van der Waals surface area contributed by atoms with E-state index < -0.39 is 16.8 Å². The first-order chi connectivity index (χ1) is 15.3. The summed E-state index contributed by atoms with van der Waals surface area (Å²) in [5.74, 6) is -0.990. The smallest absolute Gasteiger partial charge is 0.261 e. The zero-order chi connectivity index (χ0) is 24.0. The van der Waals surface area contributed by atoms with Crippen LogP contribution in [0.1, 0.15) is 70.7 Å². The zero-order valence-electron chi connectivity index (χ0n) is 20.2. The number of aromatic hydroxyl groups is 1. The lowest BCUT2D eigenvalue weighted by Gasteiger charge is -2.61. The number of ether oxygens (including phenoxy) is 1. The van der Waals surface area contributed by atoms with Crippen LogP contribution in [0, 0.1) is 22.2 Å². The Bertz CT molecular complexity index is 1250. The standard InChI is InChI=1S/C27H30N2O4/c1-23(2,3)27-24(4,5)15-31-26(27,32-33-27)17-9-10-18(21(30)13-17)22-25(6,7)19-12-16(14-28)8-11-20(19)29-22/h8-13,30H,15H2,1-7H3. The Hall–Kier alpha value is -2.72. The number of hydrogen-bond acceptors (Lipinski definition) is 6. The second kappa shape index (κ2) is 6.44. The first-order valence-electron chi connectivity index (χ1n) is 11.3. The molecule has 3 aliphatic rings. The molecule has 6 heteroatoms. The fraction of sp³-hybridized carbons (Fsp3) is 0.481. The third kappa shape index (κ3) is 2.56. The van der Waals surface area contributed by atoms with E-state index in [2.05, 4.69) is 54.5 Å². The maximum absolute atomic E-state index is 11.2. The van der Waals surface area contributed by atoms with E-state index >= 15 is 0 Å². The van der Waals surface area contributed by atoms with Gasteiger partial charge < -0.3 is 9.84 Å². The highest BCUT2D eigenvalue weighted by atomic mass is 17.3. The van der Waals surface area contributed by atoms with Crippen molar-refractivity contribution in [2.24, 2.45) is 15.8 Å². The van der Waals surface area contributed by atoms with Crippen molar-refractivity contribution in [3.8, 4) is 11.8 Å². The van der Waals surface area contributed by atoms with E-state index in [0.717, 1.165) is 22.5 Å². The van der Waals surface area contributed by atoms with Crippen LogP contribution in [0.2, 0.25) is 0 Å². The normalized spacial score (nSPS) is 29.0. The van der Waals surface area contributed by atoms with Gasteiger partial charge in [-0.3, -0.25) is 4.99 Å². The van der Waals surface area contributed by atoms with Crippen molar-refractivity contribution in [1.29, 1.82) is 5.26 Å². The Morgan fingerprint density at radius 1 is 1.03 bits per heavy atom. The monoisotopic (exact) mass is 446 g/mol. The highest BCUT2D eigenvalue weighted by Crippen LogP contribution is 2.69. The lowest BCUT2D eigenvalue weighted by atomic mass is 9.57. The second-order valence-corrected chi connectivity index (χ2v) is 11.5. The summed E-state index contributed by atoms with van der Waals surface area (Å²) in [4.78, 5) is 16.4. The van der Waals surface area contributed by atoms with Gasteiger partial charge in [0.1, 0.15) is 5.75 Å². The van der Waals surface area contributed by atoms with E-state index in [4.69, 9.17) is 19.5 Å². The number of aliphatic imine (C=N–C) groups is 1. The summed E-state index contributed by atoms with van der Waals surface area (Å²) in [6.07, 6.45) is 0. The van der Waals surface area contributed by atoms with E-state index in [-0.39, 0.29) is 16.6 Å². The van der Waals surface area contributed by atoms with Crippen LogP contribution in [0.25, 0.3) is 0 Å². The van der Waals surface area contributed by atoms with Gasteiger partial charge in [0, 0.05) is 27.4 Å². The number of nitrogens with zero attached hydrogens (tertiary/aromatic N) is 2. The molecule has 0 amide bonds. The third-order valence-electron chi connectivity index (χ3n) is 7.65. The summed E-state index contributed by atoms with van der Waals surface area (Å²) in [5, 5.41) is 20.5. The molecule has 2 aromatic carbocycles. The molecular formula is C27H30N2O4. The molecule has 2 saturated heterocycles. The first-order valence-corrected chi connectivity index (χ1v) is 11.3. The molecule has 3 aliphatic heterocycles. The molecular weight excluding hydrogens is 416 g/mol. The van der Waals surface area contributed by atoms with Crippen molar-refractivity contribution < 1.29 is 19.6 Å². The number of phenols is 1. The van der Waals surface area contributed by atoms with Gasteiger partial charge in [0.15, 0.2) is 5.60 Å². The number of rotatable bonds is 2. The van der Waals surface area contributed by atoms with Crippen molar-refractivity contribution in [1.82, 2.24) is 0 Å². The van der Waals surface area contributed by atoms with Crippen LogP contribution in [0.3, 0.4) is 0 Å². The van der Waals surface area contributed by atoms with E-state index in [0.29, 0.717) is 17.7 Å². The molecule has 0 aromatic heterocycles. The number of phenolic OH excluding ortho intramolecular Hbond substituents is 1. The van der Waals surface area contributed by atoms with Gasteiger partial charge in [-0.25, -0.2) is 4.89 Å². The predicted molar refractivity (Wildman–Crippen MR) is 124 cm³/mol. The molecule has 2 unspecified atom stereocenters. The Morgan fingerprint density at radius 3 is 2.33 bits per heavy atom. The average molecular weight is 447 g/mol. The van der Waals surface area contributed by atoms with Gasteiger partial charge in [-0.15, -0.1) is 0 Å². The van der Waals surface area contributed by atoms with E-state index in [1.165, 1.54) is 0 Å². The molecule has 5 rings (SSSR count). The van der Waals surface area contributed by atoms with Crippen molar-refractivity contribution in [2.45, 2.75) is 65.3 Å². The molecule has 0 bridgehead atoms. The third-order valence-corrected chi connectivity index (χ3v) is 7.65. The van der Waals surface area contributed by atoms with Crippen molar-refractivity contribution in [3.05, 3.63) is 58.7 Å². The van der Waals surface area contributed by atoms with Crippen LogP contribution >= 0.6 is 0 Å². The predicted octanol–water partition coefficient (Wildman–Crippen LogP) is 5.63. The van der Waals surface area contributed by atoms with Gasteiger partial charge in [-0.2, -0.15) is 10.1 Å². The molecule has 3 heterocycles. The van der Waals surface area contributed by atoms with Gasteiger partial charge in [-0.05, 0) is 35.9 Å². The van der Waals surface area contributed by atoms with Crippen LogP contribution in [0.5, 0.6) is 5.75 Å². The van der Waals surface area contributed by atoms with E-state index in [1.807, 2.05) is 24.3 Å². The average Bonchev–Trinajstić information content (AvgIpc) is 3.05. The van der Waals surface area contributed by atoms with Crippen molar-refractivity contribution in [2.75, 3.05) is 6.61 Å². The van der Waals surface area contributed by atoms with Crippen LogP contribution in [0.4, 0.5) is 5.69 Å². The topological polar surface area (TPSA) is 84.1 Å². The fourth-order valence-electron chi connectivity index (χ4n) is 6.16. The summed E-state index contributed by atoms with van der Waals surface area (Å²) in [7, 11) is 0. The molecule has 0 saturated carbocycles. The summed E-state index contributed by atoms with van der Waals surface area (Å²) >= 11 is 0. The quantitative estimate of drug-likeness (QED) is 0.604. The van der Waals surface area contributed by atoms with Crippen molar-refractivity contribution in [3.63, 3.8) is 0 Å².